The predicted molar refractivity (Wildman–Crippen MR) is 94.4 cm³/mol. The zero-order valence-electron chi connectivity index (χ0n) is 13.4. The van der Waals surface area contributed by atoms with E-state index in [1.165, 1.54) is 18.3 Å². The molecule has 0 bridgehead atoms. The summed E-state index contributed by atoms with van der Waals surface area (Å²) in [4.78, 5) is 12.2. The van der Waals surface area contributed by atoms with Gasteiger partial charge in [0.15, 0.2) is 0 Å². The van der Waals surface area contributed by atoms with Gasteiger partial charge in [-0.2, -0.15) is 5.26 Å². The third-order valence-electron chi connectivity index (χ3n) is 3.40. The van der Waals surface area contributed by atoms with Gasteiger partial charge in [0.1, 0.15) is 17.4 Å². The summed E-state index contributed by atoms with van der Waals surface area (Å²) in [5, 5.41) is 24.1. The Morgan fingerprint density at radius 3 is 2.54 bits per heavy atom. The lowest BCUT2D eigenvalue weighted by Gasteiger charge is -2.09. The van der Waals surface area contributed by atoms with Crippen molar-refractivity contribution in [1.29, 1.82) is 5.26 Å². The highest BCUT2D eigenvalue weighted by Crippen LogP contribution is 2.21. The van der Waals surface area contributed by atoms with Gasteiger partial charge in [-0.3, -0.25) is 4.79 Å². The summed E-state index contributed by atoms with van der Waals surface area (Å²) in [5.74, 6) is -0.442. The van der Waals surface area contributed by atoms with E-state index in [9.17, 15) is 15.2 Å². The second-order valence-electron chi connectivity index (χ2n) is 5.36. The second-order valence-corrected chi connectivity index (χ2v) is 5.36. The molecule has 0 aliphatic heterocycles. The normalized spacial score (nSPS) is 10.8. The van der Waals surface area contributed by atoms with E-state index in [0.717, 1.165) is 5.56 Å². The third-order valence-corrected chi connectivity index (χ3v) is 3.40. The van der Waals surface area contributed by atoms with E-state index in [2.05, 4.69) is 10.6 Å². The van der Waals surface area contributed by atoms with Crippen LogP contribution in [0.5, 0.6) is 5.75 Å². The van der Waals surface area contributed by atoms with E-state index in [-0.39, 0.29) is 11.3 Å². The summed E-state index contributed by atoms with van der Waals surface area (Å²) < 4.78 is 0. The number of nitriles is 1. The van der Waals surface area contributed by atoms with Crippen molar-refractivity contribution in [3.8, 4) is 11.8 Å². The number of nitrogen functional groups attached to an aromatic ring is 1. The maximum atomic E-state index is 12.2. The Labute approximate surface area is 140 Å². The number of aromatic hydroxyl groups is 1. The zero-order chi connectivity index (χ0) is 17.7. The Balaban J connectivity index is 2.15. The summed E-state index contributed by atoms with van der Waals surface area (Å²) in [7, 11) is 0. The van der Waals surface area contributed by atoms with E-state index in [1.54, 1.807) is 25.1 Å². The molecule has 0 heterocycles. The number of hydrogen-bond acceptors (Lipinski definition) is 5. The number of carbonyl (C=O) groups is 1. The number of nitrogens with zero attached hydrogens (tertiary/aromatic N) is 1. The monoisotopic (exact) mass is 322 g/mol. The van der Waals surface area contributed by atoms with Crippen molar-refractivity contribution in [2.75, 3.05) is 16.4 Å². The molecule has 0 spiro atoms. The van der Waals surface area contributed by atoms with Crippen LogP contribution < -0.4 is 16.4 Å². The van der Waals surface area contributed by atoms with Crippen molar-refractivity contribution >= 4 is 23.0 Å². The number of hydrogen-bond donors (Lipinski definition) is 4. The lowest BCUT2D eigenvalue weighted by Crippen LogP contribution is -2.15. The number of amides is 1. The second kappa shape index (κ2) is 7.20. The third kappa shape index (κ3) is 4.05. The first-order chi connectivity index (χ1) is 11.4. The van der Waals surface area contributed by atoms with Crippen molar-refractivity contribution in [3.05, 3.63) is 59.3 Å². The average molecular weight is 322 g/mol. The quantitative estimate of drug-likeness (QED) is 0.299. The van der Waals surface area contributed by atoms with Gasteiger partial charge in [0.2, 0.25) is 0 Å². The smallest absolute Gasteiger partial charge is 0.267 e. The summed E-state index contributed by atoms with van der Waals surface area (Å²) in [6.45, 7) is 3.67. The number of aryl methyl sites for hydroxylation is 2. The molecule has 0 atom stereocenters. The molecular formula is C18H18N4O2. The first kappa shape index (κ1) is 16.9. The van der Waals surface area contributed by atoms with Crippen LogP contribution in [0.15, 0.2) is 48.2 Å². The molecule has 0 unspecified atom stereocenters. The highest BCUT2D eigenvalue weighted by molar-refractivity contribution is 6.07. The van der Waals surface area contributed by atoms with Gasteiger partial charge in [-0.15, -0.1) is 0 Å². The predicted octanol–water partition coefficient (Wildman–Crippen LogP) is 3.05. The van der Waals surface area contributed by atoms with Crippen LogP contribution in [0.3, 0.4) is 0 Å². The molecule has 0 fully saturated rings. The van der Waals surface area contributed by atoms with Gasteiger partial charge >= 0.3 is 0 Å². The molecular weight excluding hydrogens is 304 g/mol. The maximum Gasteiger partial charge on any atom is 0.267 e. The molecule has 0 saturated carbocycles. The first-order valence-corrected chi connectivity index (χ1v) is 7.24. The van der Waals surface area contributed by atoms with Crippen molar-refractivity contribution < 1.29 is 9.90 Å². The fraction of sp³-hybridized carbons (Fsp3) is 0.111. The Morgan fingerprint density at radius 2 is 1.92 bits per heavy atom. The minimum absolute atomic E-state index is 0.0950. The Morgan fingerprint density at radius 1 is 1.21 bits per heavy atom. The topological polar surface area (TPSA) is 111 Å². The molecule has 0 saturated heterocycles. The molecule has 6 nitrogen and oxygen atoms in total. The molecule has 6 heteroatoms. The summed E-state index contributed by atoms with van der Waals surface area (Å²) in [6, 6.07) is 11.9. The standard InChI is InChI=1S/C18H18N4O2/c1-11-3-5-17(15(20)7-11)21-10-13(9-19)18(24)22-16-6-4-14(23)8-12(16)2/h3-8,10,21,23H,20H2,1-2H3,(H,22,24)/b13-10-. The average Bonchev–Trinajstić information content (AvgIpc) is 2.52. The molecule has 0 radical (unpaired) electrons. The highest BCUT2D eigenvalue weighted by Gasteiger charge is 2.11. The number of benzene rings is 2. The first-order valence-electron chi connectivity index (χ1n) is 7.24. The van der Waals surface area contributed by atoms with Crippen LogP contribution in [0.2, 0.25) is 0 Å². The molecule has 5 N–H and O–H groups in total. The fourth-order valence-electron chi connectivity index (χ4n) is 2.09. The molecule has 0 aliphatic carbocycles. The van der Waals surface area contributed by atoms with Crippen LogP contribution in [-0.2, 0) is 4.79 Å². The van der Waals surface area contributed by atoms with Gasteiger partial charge < -0.3 is 21.5 Å². The molecule has 2 aromatic carbocycles. The van der Waals surface area contributed by atoms with Gasteiger partial charge in [0.05, 0.1) is 11.4 Å². The number of carbonyl (C=O) groups excluding carboxylic acids is 1. The Bertz CT molecular complexity index is 851. The molecule has 1 amide bonds. The van der Waals surface area contributed by atoms with Crippen LogP contribution in [0.4, 0.5) is 17.1 Å². The summed E-state index contributed by atoms with van der Waals surface area (Å²) >= 11 is 0. The summed E-state index contributed by atoms with van der Waals surface area (Å²) in [6.07, 6.45) is 1.31. The highest BCUT2D eigenvalue weighted by atomic mass is 16.3. The lowest BCUT2D eigenvalue weighted by atomic mass is 10.1. The van der Waals surface area contributed by atoms with Crippen LogP contribution in [-0.4, -0.2) is 11.0 Å². The van der Waals surface area contributed by atoms with Crippen LogP contribution in [0.25, 0.3) is 0 Å². The molecule has 0 aliphatic rings. The van der Waals surface area contributed by atoms with Crippen molar-refractivity contribution in [3.63, 3.8) is 0 Å². The van der Waals surface area contributed by atoms with Gasteiger partial charge in [0, 0.05) is 11.9 Å². The van der Waals surface area contributed by atoms with E-state index in [0.29, 0.717) is 22.6 Å². The molecule has 122 valence electrons. The lowest BCUT2D eigenvalue weighted by molar-refractivity contribution is -0.112. The minimum atomic E-state index is -0.551. The van der Waals surface area contributed by atoms with E-state index in [1.807, 2.05) is 19.1 Å². The number of phenolic OH excluding ortho intramolecular Hbond substituents is 1. The number of nitrogens with two attached hydrogens (primary N) is 1. The van der Waals surface area contributed by atoms with Gasteiger partial charge in [-0.25, -0.2) is 0 Å². The van der Waals surface area contributed by atoms with E-state index in [4.69, 9.17) is 5.73 Å². The zero-order valence-corrected chi connectivity index (χ0v) is 13.4. The van der Waals surface area contributed by atoms with Crippen LogP contribution in [0.1, 0.15) is 11.1 Å². The number of nitrogens with one attached hydrogen (secondary N) is 2. The maximum absolute atomic E-state index is 12.2. The number of phenols is 1. The minimum Gasteiger partial charge on any atom is -0.508 e. The number of rotatable bonds is 4. The fourth-order valence-corrected chi connectivity index (χ4v) is 2.09. The van der Waals surface area contributed by atoms with Gasteiger partial charge in [-0.05, 0) is 55.3 Å². The molecule has 24 heavy (non-hydrogen) atoms. The van der Waals surface area contributed by atoms with Gasteiger partial charge in [-0.1, -0.05) is 6.07 Å². The largest absolute Gasteiger partial charge is 0.508 e. The Hall–Kier alpha value is -3.46. The Kier molecular flexibility index (Phi) is 5.07. The van der Waals surface area contributed by atoms with E-state index >= 15 is 0 Å². The molecule has 2 aromatic rings. The van der Waals surface area contributed by atoms with Gasteiger partial charge in [0.25, 0.3) is 5.91 Å². The molecule has 2 rings (SSSR count). The SMILES string of the molecule is Cc1ccc(N/C=C(/C#N)C(=O)Nc2ccc(O)cc2C)c(N)c1. The van der Waals surface area contributed by atoms with Crippen molar-refractivity contribution in [2.24, 2.45) is 0 Å². The number of anilines is 3. The van der Waals surface area contributed by atoms with Crippen LogP contribution >= 0.6 is 0 Å². The van der Waals surface area contributed by atoms with Crippen molar-refractivity contribution in [1.82, 2.24) is 0 Å². The summed E-state index contributed by atoms with van der Waals surface area (Å²) in [5.41, 5.74) is 9.16. The molecule has 0 aromatic heterocycles. The van der Waals surface area contributed by atoms with Crippen LogP contribution in [0, 0.1) is 25.2 Å². The van der Waals surface area contributed by atoms with Crippen molar-refractivity contribution in [2.45, 2.75) is 13.8 Å². The van der Waals surface area contributed by atoms with E-state index < -0.39 is 5.91 Å².